The zero-order chi connectivity index (χ0) is 13.9. The summed E-state index contributed by atoms with van der Waals surface area (Å²) in [7, 11) is 1.92. The SMILES string of the molecule is Cn1cc(-c2ccc(CCNC(=O)CC3CC3)s2)cn1. The Morgan fingerprint density at radius 3 is 3.05 bits per heavy atom. The minimum absolute atomic E-state index is 0.205. The summed E-state index contributed by atoms with van der Waals surface area (Å²) in [6.45, 7) is 0.735. The molecular weight excluding hydrogens is 270 g/mol. The van der Waals surface area contributed by atoms with E-state index in [1.807, 2.05) is 24.1 Å². The van der Waals surface area contributed by atoms with Gasteiger partial charge in [0.25, 0.3) is 0 Å². The van der Waals surface area contributed by atoms with E-state index < -0.39 is 0 Å². The molecule has 0 atom stereocenters. The fourth-order valence-electron chi connectivity index (χ4n) is 2.20. The maximum Gasteiger partial charge on any atom is 0.220 e. The third kappa shape index (κ3) is 3.48. The second-order valence-corrected chi connectivity index (χ2v) is 6.58. The van der Waals surface area contributed by atoms with Gasteiger partial charge in [-0.25, -0.2) is 0 Å². The van der Waals surface area contributed by atoms with Crippen LogP contribution >= 0.6 is 11.3 Å². The van der Waals surface area contributed by atoms with Crippen LogP contribution in [0.4, 0.5) is 0 Å². The fourth-order valence-corrected chi connectivity index (χ4v) is 3.18. The third-order valence-electron chi connectivity index (χ3n) is 3.52. The number of amides is 1. The maximum absolute atomic E-state index is 11.6. The zero-order valence-electron chi connectivity index (χ0n) is 11.6. The molecule has 106 valence electrons. The lowest BCUT2D eigenvalue weighted by molar-refractivity contribution is -0.121. The second kappa shape index (κ2) is 5.79. The lowest BCUT2D eigenvalue weighted by atomic mass is 10.2. The molecule has 2 aromatic heterocycles. The number of thiophene rings is 1. The van der Waals surface area contributed by atoms with Crippen molar-refractivity contribution in [3.05, 3.63) is 29.4 Å². The number of hydrogen-bond acceptors (Lipinski definition) is 3. The van der Waals surface area contributed by atoms with Gasteiger partial charge in [-0.3, -0.25) is 9.48 Å². The molecule has 0 bridgehead atoms. The molecule has 0 aliphatic heterocycles. The van der Waals surface area contributed by atoms with Crippen molar-refractivity contribution in [3.63, 3.8) is 0 Å². The molecule has 0 aromatic carbocycles. The van der Waals surface area contributed by atoms with E-state index >= 15 is 0 Å². The van der Waals surface area contributed by atoms with Crippen LogP contribution in [0.1, 0.15) is 24.1 Å². The van der Waals surface area contributed by atoms with Crippen LogP contribution in [0.3, 0.4) is 0 Å². The van der Waals surface area contributed by atoms with Gasteiger partial charge in [-0.2, -0.15) is 5.10 Å². The first-order valence-corrected chi connectivity index (χ1v) is 7.87. The van der Waals surface area contributed by atoms with E-state index in [0.29, 0.717) is 12.3 Å². The summed E-state index contributed by atoms with van der Waals surface area (Å²) in [5.41, 5.74) is 1.15. The number of aryl methyl sites for hydroxylation is 1. The molecule has 5 heteroatoms. The standard InChI is InChI=1S/C15H19N3OS/c1-18-10-12(9-17-18)14-5-4-13(20-14)6-7-16-15(19)8-11-2-3-11/h4-5,9-11H,2-3,6-8H2,1H3,(H,16,19). The Balaban J connectivity index is 1.48. The highest BCUT2D eigenvalue weighted by atomic mass is 32.1. The Hall–Kier alpha value is -1.62. The molecule has 0 unspecified atom stereocenters. The number of aromatic nitrogens is 2. The van der Waals surface area contributed by atoms with E-state index in [9.17, 15) is 4.79 Å². The predicted molar refractivity (Wildman–Crippen MR) is 80.6 cm³/mol. The van der Waals surface area contributed by atoms with Crippen molar-refractivity contribution < 1.29 is 4.79 Å². The van der Waals surface area contributed by atoms with E-state index in [4.69, 9.17) is 0 Å². The summed E-state index contributed by atoms with van der Waals surface area (Å²) in [4.78, 5) is 14.1. The topological polar surface area (TPSA) is 46.9 Å². The molecule has 1 aliphatic carbocycles. The molecule has 1 fully saturated rings. The summed E-state index contributed by atoms with van der Waals surface area (Å²) in [6, 6.07) is 4.27. The normalized spacial score (nSPS) is 14.4. The van der Waals surface area contributed by atoms with Crippen LogP contribution in [-0.4, -0.2) is 22.2 Å². The highest BCUT2D eigenvalue weighted by molar-refractivity contribution is 7.15. The Morgan fingerprint density at radius 2 is 2.35 bits per heavy atom. The lowest BCUT2D eigenvalue weighted by Gasteiger charge is -2.02. The Kier molecular flexibility index (Phi) is 3.87. The van der Waals surface area contributed by atoms with E-state index in [1.54, 1.807) is 11.3 Å². The monoisotopic (exact) mass is 289 g/mol. The van der Waals surface area contributed by atoms with Crippen LogP contribution in [0.25, 0.3) is 10.4 Å². The maximum atomic E-state index is 11.6. The molecule has 20 heavy (non-hydrogen) atoms. The number of carbonyl (C=O) groups is 1. The molecule has 1 N–H and O–H groups in total. The molecule has 1 amide bonds. The van der Waals surface area contributed by atoms with Crippen molar-refractivity contribution in [2.75, 3.05) is 6.54 Å². The molecule has 0 spiro atoms. The van der Waals surface area contributed by atoms with Crippen molar-refractivity contribution in [3.8, 4) is 10.4 Å². The molecule has 1 saturated carbocycles. The van der Waals surface area contributed by atoms with Crippen LogP contribution < -0.4 is 5.32 Å². The van der Waals surface area contributed by atoms with Gasteiger partial charge in [-0.05, 0) is 37.3 Å². The smallest absolute Gasteiger partial charge is 0.220 e. The number of hydrogen-bond donors (Lipinski definition) is 1. The van der Waals surface area contributed by atoms with Crippen molar-refractivity contribution in [1.82, 2.24) is 15.1 Å². The molecular formula is C15H19N3OS. The summed E-state index contributed by atoms with van der Waals surface area (Å²) < 4.78 is 1.81. The minimum Gasteiger partial charge on any atom is -0.356 e. The molecule has 1 aliphatic rings. The van der Waals surface area contributed by atoms with Gasteiger partial charge in [0.2, 0.25) is 5.91 Å². The fraction of sp³-hybridized carbons (Fsp3) is 0.467. The molecule has 4 nitrogen and oxygen atoms in total. The van der Waals surface area contributed by atoms with Gasteiger partial charge in [-0.15, -0.1) is 11.3 Å². The first kappa shape index (κ1) is 13.4. The molecule has 0 radical (unpaired) electrons. The first-order valence-electron chi connectivity index (χ1n) is 7.05. The van der Waals surface area contributed by atoms with Gasteiger partial charge in [-0.1, -0.05) is 0 Å². The molecule has 0 saturated heterocycles. The summed E-state index contributed by atoms with van der Waals surface area (Å²) >= 11 is 1.77. The highest BCUT2D eigenvalue weighted by Gasteiger charge is 2.23. The van der Waals surface area contributed by atoms with Crippen molar-refractivity contribution in [2.24, 2.45) is 13.0 Å². The summed E-state index contributed by atoms with van der Waals surface area (Å²) in [5.74, 6) is 0.866. The van der Waals surface area contributed by atoms with Crippen molar-refractivity contribution in [1.29, 1.82) is 0 Å². The highest BCUT2D eigenvalue weighted by Crippen LogP contribution is 2.32. The third-order valence-corrected chi connectivity index (χ3v) is 4.71. The van der Waals surface area contributed by atoms with E-state index in [1.165, 1.54) is 22.6 Å². The van der Waals surface area contributed by atoms with Crippen LogP contribution in [0.15, 0.2) is 24.5 Å². The largest absolute Gasteiger partial charge is 0.356 e. The molecule has 2 heterocycles. The average molecular weight is 289 g/mol. The number of carbonyl (C=O) groups excluding carboxylic acids is 1. The van der Waals surface area contributed by atoms with Gasteiger partial charge in [0.1, 0.15) is 0 Å². The quantitative estimate of drug-likeness (QED) is 0.888. The van der Waals surface area contributed by atoms with Gasteiger partial charge in [0.05, 0.1) is 6.20 Å². The van der Waals surface area contributed by atoms with Gasteiger partial charge < -0.3 is 5.32 Å². The Labute approximate surface area is 122 Å². The second-order valence-electron chi connectivity index (χ2n) is 5.42. The van der Waals surface area contributed by atoms with Crippen LogP contribution in [0, 0.1) is 5.92 Å². The lowest BCUT2D eigenvalue weighted by Crippen LogP contribution is -2.25. The Bertz CT molecular complexity index is 598. The summed E-state index contributed by atoms with van der Waals surface area (Å²) in [5, 5.41) is 7.19. The molecule has 2 aromatic rings. The van der Waals surface area contributed by atoms with Crippen molar-refractivity contribution in [2.45, 2.75) is 25.7 Å². The summed E-state index contributed by atoms with van der Waals surface area (Å²) in [6.07, 6.45) is 7.98. The Morgan fingerprint density at radius 1 is 1.50 bits per heavy atom. The molecule has 3 rings (SSSR count). The zero-order valence-corrected chi connectivity index (χ0v) is 12.4. The van der Waals surface area contributed by atoms with E-state index in [-0.39, 0.29) is 5.91 Å². The van der Waals surface area contributed by atoms with Gasteiger partial charge in [0, 0.05) is 41.5 Å². The minimum atomic E-state index is 0.205. The van der Waals surface area contributed by atoms with Gasteiger partial charge in [0.15, 0.2) is 0 Å². The number of nitrogens with zero attached hydrogens (tertiary/aromatic N) is 2. The van der Waals surface area contributed by atoms with E-state index in [0.717, 1.165) is 18.5 Å². The van der Waals surface area contributed by atoms with Crippen molar-refractivity contribution >= 4 is 17.2 Å². The first-order chi connectivity index (χ1) is 9.70. The predicted octanol–water partition coefficient (Wildman–Crippen LogP) is 2.61. The average Bonchev–Trinajstić information content (AvgIpc) is 2.92. The van der Waals surface area contributed by atoms with Gasteiger partial charge >= 0.3 is 0 Å². The van der Waals surface area contributed by atoms with Crippen LogP contribution in [-0.2, 0) is 18.3 Å². The van der Waals surface area contributed by atoms with Crippen LogP contribution in [0.2, 0.25) is 0 Å². The van der Waals surface area contributed by atoms with E-state index in [2.05, 4.69) is 22.5 Å². The van der Waals surface area contributed by atoms with Crippen LogP contribution in [0.5, 0.6) is 0 Å². The number of rotatable bonds is 6. The number of nitrogens with one attached hydrogen (secondary N) is 1.